The number of amides is 4. The van der Waals surface area contributed by atoms with E-state index in [2.05, 4.69) is 16.0 Å². The zero-order valence-corrected chi connectivity index (χ0v) is 14.8. The van der Waals surface area contributed by atoms with E-state index in [1.54, 1.807) is 36.2 Å². The van der Waals surface area contributed by atoms with Gasteiger partial charge in [-0.05, 0) is 43.5 Å². The van der Waals surface area contributed by atoms with Crippen LogP contribution in [-0.2, 0) is 4.79 Å². The molecule has 0 bridgehead atoms. The zero-order chi connectivity index (χ0) is 18.2. The van der Waals surface area contributed by atoms with Crippen molar-refractivity contribution in [2.45, 2.75) is 26.2 Å². The van der Waals surface area contributed by atoms with Crippen molar-refractivity contribution in [2.24, 2.45) is 5.92 Å². The number of benzene rings is 1. The first kappa shape index (κ1) is 18.8. The van der Waals surface area contributed by atoms with Gasteiger partial charge in [-0.2, -0.15) is 0 Å². The molecule has 2 rings (SSSR count). The van der Waals surface area contributed by atoms with E-state index in [-0.39, 0.29) is 23.8 Å². The molecule has 4 amide bonds. The van der Waals surface area contributed by atoms with Crippen LogP contribution in [0, 0.1) is 5.92 Å². The van der Waals surface area contributed by atoms with E-state index in [4.69, 9.17) is 0 Å². The molecule has 1 heterocycles. The Morgan fingerprint density at radius 2 is 1.92 bits per heavy atom. The summed E-state index contributed by atoms with van der Waals surface area (Å²) in [6.45, 7) is 3.74. The molecule has 0 spiro atoms. The van der Waals surface area contributed by atoms with Crippen LogP contribution in [0.15, 0.2) is 24.3 Å². The number of nitrogens with zero attached hydrogens (tertiary/aromatic N) is 1. The van der Waals surface area contributed by atoms with Gasteiger partial charge in [0.05, 0.1) is 5.92 Å². The predicted octanol–water partition coefficient (Wildman–Crippen LogP) is 1.82. The van der Waals surface area contributed by atoms with Crippen molar-refractivity contribution >= 4 is 23.5 Å². The lowest BCUT2D eigenvalue weighted by Crippen LogP contribution is -2.47. The fourth-order valence-electron chi connectivity index (χ4n) is 2.82. The second kappa shape index (κ2) is 9.05. The highest BCUT2D eigenvalue weighted by Gasteiger charge is 2.28. The highest BCUT2D eigenvalue weighted by Crippen LogP contribution is 2.18. The number of nitrogens with one attached hydrogen (secondary N) is 3. The highest BCUT2D eigenvalue weighted by molar-refractivity contribution is 5.95. The van der Waals surface area contributed by atoms with E-state index in [9.17, 15) is 14.4 Å². The van der Waals surface area contributed by atoms with Gasteiger partial charge < -0.3 is 20.9 Å². The largest absolute Gasteiger partial charge is 0.356 e. The Bertz CT molecular complexity index is 615. The lowest BCUT2D eigenvalue weighted by Gasteiger charge is -2.32. The van der Waals surface area contributed by atoms with E-state index in [1.807, 2.05) is 6.92 Å². The van der Waals surface area contributed by atoms with Gasteiger partial charge in [0, 0.05) is 37.9 Å². The van der Waals surface area contributed by atoms with Crippen LogP contribution in [0.3, 0.4) is 0 Å². The van der Waals surface area contributed by atoms with Crippen molar-refractivity contribution in [1.82, 2.24) is 15.5 Å². The van der Waals surface area contributed by atoms with Crippen LogP contribution in [0.4, 0.5) is 10.5 Å². The quantitative estimate of drug-likeness (QED) is 0.759. The fourth-order valence-corrected chi connectivity index (χ4v) is 2.82. The van der Waals surface area contributed by atoms with Crippen LogP contribution in [0.2, 0.25) is 0 Å². The molecule has 0 radical (unpaired) electrons. The van der Waals surface area contributed by atoms with Crippen LogP contribution in [0.5, 0.6) is 0 Å². The molecule has 136 valence electrons. The molecule has 1 unspecified atom stereocenters. The molecule has 1 fully saturated rings. The molecule has 1 saturated heterocycles. The molecule has 0 aliphatic carbocycles. The maximum absolute atomic E-state index is 12.4. The maximum atomic E-state index is 12.4. The molecule has 1 aromatic rings. The molecular formula is C18H26N4O3. The number of carbonyl (C=O) groups excluding carboxylic acids is 3. The smallest absolute Gasteiger partial charge is 0.321 e. The lowest BCUT2D eigenvalue weighted by molar-refractivity contribution is -0.126. The van der Waals surface area contributed by atoms with Gasteiger partial charge in [0.25, 0.3) is 5.91 Å². The molecule has 0 saturated carbocycles. The Morgan fingerprint density at radius 1 is 1.20 bits per heavy atom. The van der Waals surface area contributed by atoms with E-state index in [0.29, 0.717) is 30.9 Å². The molecule has 1 aliphatic heterocycles. The van der Waals surface area contributed by atoms with Crippen molar-refractivity contribution in [1.29, 1.82) is 0 Å². The minimum Gasteiger partial charge on any atom is -0.356 e. The number of hydrogen-bond donors (Lipinski definition) is 3. The zero-order valence-electron chi connectivity index (χ0n) is 14.8. The van der Waals surface area contributed by atoms with Crippen LogP contribution in [0.1, 0.15) is 36.5 Å². The average molecular weight is 346 g/mol. The van der Waals surface area contributed by atoms with Crippen LogP contribution in [0.25, 0.3) is 0 Å². The Hall–Kier alpha value is -2.57. The van der Waals surface area contributed by atoms with Gasteiger partial charge in [-0.3, -0.25) is 9.59 Å². The Labute approximate surface area is 148 Å². The average Bonchev–Trinajstić information content (AvgIpc) is 2.66. The van der Waals surface area contributed by atoms with E-state index >= 15 is 0 Å². The molecule has 7 nitrogen and oxygen atoms in total. The van der Waals surface area contributed by atoms with Crippen molar-refractivity contribution in [3.63, 3.8) is 0 Å². The molecule has 3 N–H and O–H groups in total. The number of anilines is 1. The van der Waals surface area contributed by atoms with Crippen LogP contribution in [-0.4, -0.2) is 49.4 Å². The third kappa shape index (κ3) is 5.20. The summed E-state index contributed by atoms with van der Waals surface area (Å²) in [5.41, 5.74) is 1.15. The van der Waals surface area contributed by atoms with Gasteiger partial charge in [0.2, 0.25) is 5.91 Å². The number of rotatable bonds is 5. The lowest BCUT2D eigenvalue weighted by atomic mass is 9.97. The number of carbonyl (C=O) groups is 3. The first-order valence-electron chi connectivity index (χ1n) is 8.71. The molecule has 25 heavy (non-hydrogen) atoms. The third-order valence-corrected chi connectivity index (χ3v) is 4.25. The number of piperidine rings is 1. The first-order valence-corrected chi connectivity index (χ1v) is 8.71. The van der Waals surface area contributed by atoms with Crippen molar-refractivity contribution in [3.05, 3.63) is 29.8 Å². The van der Waals surface area contributed by atoms with Crippen molar-refractivity contribution in [3.8, 4) is 0 Å². The second-order valence-corrected chi connectivity index (χ2v) is 6.16. The summed E-state index contributed by atoms with van der Waals surface area (Å²) in [6, 6.07) is 6.48. The van der Waals surface area contributed by atoms with Gasteiger partial charge in [-0.15, -0.1) is 0 Å². The summed E-state index contributed by atoms with van der Waals surface area (Å²) in [5.74, 6) is -0.300. The molecule has 0 aromatic heterocycles. The van der Waals surface area contributed by atoms with Gasteiger partial charge in [0.15, 0.2) is 0 Å². The normalized spacial score (nSPS) is 16.9. The molecule has 1 aliphatic rings. The minimum absolute atomic E-state index is 0.0225. The maximum Gasteiger partial charge on any atom is 0.321 e. The highest BCUT2D eigenvalue weighted by atomic mass is 16.2. The second-order valence-electron chi connectivity index (χ2n) is 6.16. The van der Waals surface area contributed by atoms with E-state index in [0.717, 1.165) is 19.3 Å². The molecule has 1 aromatic carbocycles. The Kier molecular flexibility index (Phi) is 6.80. The molecule has 7 heteroatoms. The van der Waals surface area contributed by atoms with Gasteiger partial charge in [-0.25, -0.2) is 4.79 Å². The summed E-state index contributed by atoms with van der Waals surface area (Å²) in [6.07, 6.45) is 2.52. The Morgan fingerprint density at radius 3 is 2.56 bits per heavy atom. The van der Waals surface area contributed by atoms with Crippen LogP contribution < -0.4 is 16.0 Å². The van der Waals surface area contributed by atoms with E-state index < -0.39 is 0 Å². The number of hydrogen-bond acceptors (Lipinski definition) is 3. The van der Waals surface area contributed by atoms with Crippen LogP contribution >= 0.6 is 0 Å². The standard InChI is InChI=1S/C18H26N4O3/c1-3-10-20-17(24)14-5-4-11-22(12-14)18(25)21-15-8-6-13(7-9-15)16(23)19-2/h6-9,14H,3-5,10-12H2,1-2H3,(H,19,23)(H,20,24)(H,21,25). The van der Waals surface area contributed by atoms with E-state index in [1.165, 1.54) is 0 Å². The summed E-state index contributed by atoms with van der Waals surface area (Å²) in [5, 5.41) is 8.27. The van der Waals surface area contributed by atoms with Crippen molar-refractivity contribution < 1.29 is 14.4 Å². The topological polar surface area (TPSA) is 90.5 Å². The monoisotopic (exact) mass is 346 g/mol. The summed E-state index contributed by atoms with van der Waals surface area (Å²) >= 11 is 0. The fraction of sp³-hybridized carbons (Fsp3) is 0.500. The Balaban J connectivity index is 1.91. The van der Waals surface area contributed by atoms with Crippen molar-refractivity contribution in [2.75, 3.05) is 32.0 Å². The summed E-state index contributed by atoms with van der Waals surface area (Å²) < 4.78 is 0. The molecule has 1 atom stereocenters. The summed E-state index contributed by atoms with van der Waals surface area (Å²) in [7, 11) is 1.57. The number of likely N-dealkylation sites (tertiary alicyclic amines) is 1. The van der Waals surface area contributed by atoms with Gasteiger partial charge >= 0.3 is 6.03 Å². The third-order valence-electron chi connectivity index (χ3n) is 4.25. The summed E-state index contributed by atoms with van der Waals surface area (Å²) in [4.78, 5) is 37.7. The SMILES string of the molecule is CCCNC(=O)C1CCCN(C(=O)Nc2ccc(C(=O)NC)cc2)C1. The minimum atomic E-state index is -0.222. The van der Waals surface area contributed by atoms with Gasteiger partial charge in [-0.1, -0.05) is 6.92 Å². The molecular weight excluding hydrogens is 320 g/mol. The van der Waals surface area contributed by atoms with Gasteiger partial charge in [0.1, 0.15) is 0 Å². The first-order chi connectivity index (χ1) is 12.0. The predicted molar refractivity (Wildman–Crippen MR) is 96.4 cm³/mol. The number of urea groups is 1.